The fourth-order valence-electron chi connectivity index (χ4n) is 4.41. The summed E-state index contributed by atoms with van der Waals surface area (Å²) < 4.78 is 1.97. The van der Waals surface area contributed by atoms with E-state index in [1.54, 1.807) is 0 Å². The van der Waals surface area contributed by atoms with E-state index in [2.05, 4.69) is 73.3 Å². The zero-order valence-electron chi connectivity index (χ0n) is 18.1. The van der Waals surface area contributed by atoms with E-state index in [0.717, 1.165) is 44.3 Å². The normalized spacial score (nSPS) is 20.5. The van der Waals surface area contributed by atoms with Gasteiger partial charge in [0, 0.05) is 38.9 Å². The van der Waals surface area contributed by atoms with E-state index in [4.69, 9.17) is 4.99 Å². The minimum atomic E-state index is 0.614. The summed E-state index contributed by atoms with van der Waals surface area (Å²) in [6, 6.07) is 11.0. The summed E-state index contributed by atoms with van der Waals surface area (Å²) in [5.41, 5.74) is 5.17. The third-order valence-corrected chi connectivity index (χ3v) is 6.05. The van der Waals surface area contributed by atoms with Gasteiger partial charge in [-0.25, -0.2) is 0 Å². The van der Waals surface area contributed by atoms with Gasteiger partial charge < -0.3 is 10.2 Å². The zero-order valence-corrected chi connectivity index (χ0v) is 18.1. The molecule has 2 aromatic rings. The van der Waals surface area contributed by atoms with Gasteiger partial charge in [-0.05, 0) is 56.6 Å². The molecule has 0 saturated carbocycles. The molecule has 5 heteroatoms. The largest absolute Gasteiger partial charge is 0.357 e. The highest BCUT2D eigenvalue weighted by Gasteiger charge is 2.28. The van der Waals surface area contributed by atoms with Crippen LogP contribution in [0, 0.1) is 19.8 Å². The lowest BCUT2D eigenvalue weighted by Crippen LogP contribution is -2.48. The van der Waals surface area contributed by atoms with Gasteiger partial charge in [0.1, 0.15) is 0 Å². The summed E-state index contributed by atoms with van der Waals surface area (Å²) in [6.07, 6.45) is 2.12. The van der Waals surface area contributed by atoms with Crippen LogP contribution < -0.4 is 5.32 Å². The second-order valence-corrected chi connectivity index (χ2v) is 7.99. The number of nitrogens with zero attached hydrogens (tertiary/aromatic N) is 4. The van der Waals surface area contributed by atoms with Crippen molar-refractivity contribution in [2.24, 2.45) is 18.0 Å². The molecule has 0 amide bonds. The SMILES string of the molecule is CCNC(=NCCc1c(C)nn(C)c1C)N1CCC(c2ccccc2)C(C)C1. The van der Waals surface area contributed by atoms with Gasteiger partial charge >= 0.3 is 0 Å². The van der Waals surface area contributed by atoms with Crippen LogP contribution >= 0.6 is 0 Å². The van der Waals surface area contributed by atoms with Crippen molar-refractivity contribution in [1.82, 2.24) is 20.0 Å². The maximum atomic E-state index is 4.95. The first-order valence-electron chi connectivity index (χ1n) is 10.6. The van der Waals surface area contributed by atoms with Gasteiger partial charge in [-0.2, -0.15) is 5.10 Å². The molecule has 3 rings (SSSR count). The van der Waals surface area contributed by atoms with E-state index in [0.29, 0.717) is 11.8 Å². The van der Waals surface area contributed by atoms with E-state index < -0.39 is 0 Å². The van der Waals surface area contributed by atoms with E-state index in [-0.39, 0.29) is 0 Å². The van der Waals surface area contributed by atoms with Crippen LogP contribution in [-0.4, -0.2) is 46.8 Å². The number of benzene rings is 1. The molecule has 1 aliphatic rings. The summed E-state index contributed by atoms with van der Waals surface area (Å²) in [7, 11) is 2.01. The minimum absolute atomic E-state index is 0.614. The molecule has 0 spiro atoms. The Hall–Kier alpha value is -2.30. The number of likely N-dealkylation sites (tertiary alicyclic amines) is 1. The topological polar surface area (TPSA) is 45.5 Å². The molecule has 0 radical (unpaired) electrons. The smallest absolute Gasteiger partial charge is 0.193 e. The number of aliphatic imine (C=N–C) groups is 1. The van der Waals surface area contributed by atoms with Crippen LogP contribution in [-0.2, 0) is 13.5 Å². The molecule has 2 unspecified atom stereocenters. The zero-order chi connectivity index (χ0) is 20.1. The van der Waals surface area contributed by atoms with Crippen molar-refractivity contribution in [3.05, 3.63) is 52.8 Å². The first kappa shape index (κ1) is 20.4. The Morgan fingerprint density at radius 2 is 2.00 bits per heavy atom. The molecule has 0 bridgehead atoms. The van der Waals surface area contributed by atoms with Crippen molar-refractivity contribution in [2.45, 2.75) is 46.5 Å². The molecule has 152 valence electrons. The van der Waals surface area contributed by atoms with Gasteiger partial charge in [-0.15, -0.1) is 0 Å². The monoisotopic (exact) mass is 381 g/mol. The molecule has 1 N–H and O–H groups in total. The Kier molecular flexibility index (Phi) is 6.76. The molecule has 0 aliphatic carbocycles. The molecule has 5 nitrogen and oxygen atoms in total. The highest BCUT2D eigenvalue weighted by Crippen LogP contribution is 2.32. The van der Waals surface area contributed by atoms with Crippen molar-refractivity contribution in [3.8, 4) is 0 Å². The summed E-state index contributed by atoms with van der Waals surface area (Å²) in [5, 5.41) is 8.03. The summed E-state index contributed by atoms with van der Waals surface area (Å²) in [6.45, 7) is 12.5. The number of piperidine rings is 1. The summed E-state index contributed by atoms with van der Waals surface area (Å²) in [5.74, 6) is 2.31. The molecular formula is C23H35N5. The van der Waals surface area contributed by atoms with E-state index in [1.165, 1.54) is 23.2 Å². The number of rotatable bonds is 5. The van der Waals surface area contributed by atoms with Crippen LogP contribution in [0.1, 0.15) is 48.7 Å². The summed E-state index contributed by atoms with van der Waals surface area (Å²) in [4.78, 5) is 7.39. The summed E-state index contributed by atoms with van der Waals surface area (Å²) >= 11 is 0. The average molecular weight is 382 g/mol. The van der Waals surface area contributed by atoms with Gasteiger partial charge in [0.15, 0.2) is 5.96 Å². The predicted molar refractivity (Wildman–Crippen MR) is 117 cm³/mol. The van der Waals surface area contributed by atoms with Crippen molar-refractivity contribution >= 4 is 5.96 Å². The molecule has 2 heterocycles. The molecule has 2 atom stereocenters. The lowest BCUT2D eigenvalue weighted by Gasteiger charge is -2.39. The molecular weight excluding hydrogens is 346 g/mol. The Labute approximate surface area is 169 Å². The highest BCUT2D eigenvalue weighted by atomic mass is 15.3. The standard InChI is InChI=1S/C23H35N5/c1-6-24-23(25-14-12-22-18(3)26-27(5)19(22)4)28-15-13-21(17(2)16-28)20-10-8-7-9-11-20/h7-11,17,21H,6,12-16H2,1-5H3,(H,24,25). The first-order valence-corrected chi connectivity index (χ1v) is 10.6. The number of guanidine groups is 1. The maximum absolute atomic E-state index is 4.95. The lowest BCUT2D eigenvalue weighted by molar-refractivity contribution is 0.234. The predicted octanol–water partition coefficient (Wildman–Crippen LogP) is 3.67. The Balaban J connectivity index is 1.64. The molecule has 1 aromatic carbocycles. The number of aryl methyl sites for hydroxylation is 2. The van der Waals surface area contributed by atoms with E-state index >= 15 is 0 Å². The Morgan fingerprint density at radius 3 is 2.61 bits per heavy atom. The second-order valence-electron chi connectivity index (χ2n) is 7.99. The van der Waals surface area contributed by atoms with Gasteiger partial charge in [-0.3, -0.25) is 9.67 Å². The van der Waals surface area contributed by atoms with Crippen molar-refractivity contribution in [2.75, 3.05) is 26.2 Å². The molecule has 1 aliphatic heterocycles. The molecule has 1 aromatic heterocycles. The fraction of sp³-hybridized carbons (Fsp3) is 0.565. The van der Waals surface area contributed by atoms with Crippen molar-refractivity contribution in [1.29, 1.82) is 0 Å². The molecule has 1 fully saturated rings. The van der Waals surface area contributed by atoms with Crippen LogP contribution in [0.25, 0.3) is 0 Å². The highest BCUT2D eigenvalue weighted by molar-refractivity contribution is 5.80. The van der Waals surface area contributed by atoms with Gasteiger partial charge in [0.2, 0.25) is 0 Å². The number of nitrogens with one attached hydrogen (secondary N) is 1. The van der Waals surface area contributed by atoms with E-state index in [1.807, 2.05) is 11.7 Å². The van der Waals surface area contributed by atoms with Crippen molar-refractivity contribution < 1.29 is 0 Å². The van der Waals surface area contributed by atoms with Crippen LogP contribution in [0.3, 0.4) is 0 Å². The van der Waals surface area contributed by atoms with Gasteiger partial charge in [0.25, 0.3) is 0 Å². The Morgan fingerprint density at radius 1 is 1.25 bits per heavy atom. The van der Waals surface area contributed by atoms with Gasteiger partial charge in [-0.1, -0.05) is 37.3 Å². The first-order chi connectivity index (χ1) is 13.5. The van der Waals surface area contributed by atoms with Crippen LogP contribution in [0.15, 0.2) is 35.3 Å². The van der Waals surface area contributed by atoms with Gasteiger partial charge in [0.05, 0.1) is 5.69 Å². The number of aromatic nitrogens is 2. The Bertz CT molecular complexity index is 793. The maximum Gasteiger partial charge on any atom is 0.193 e. The molecule has 28 heavy (non-hydrogen) atoms. The van der Waals surface area contributed by atoms with Crippen molar-refractivity contribution in [3.63, 3.8) is 0 Å². The van der Waals surface area contributed by atoms with Crippen LogP contribution in [0.4, 0.5) is 0 Å². The average Bonchev–Trinajstić information content (AvgIpc) is 2.93. The number of hydrogen-bond acceptors (Lipinski definition) is 2. The lowest BCUT2D eigenvalue weighted by atomic mass is 9.82. The molecule has 1 saturated heterocycles. The fourth-order valence-corrected chi connectivity index (χ4v) is 4.41. The third-order valence-electron chi connectivity index (χ3n) is 6.05. The minimum Gasteiger partial charge on any atom is -0.357 e. The number of hydrogen-bond donors (Lipinski definition) is 1. The van der Waals surface area contributed by atoms with E-state index in [9.17, 15) is 0 Å². The quantitative estimate of drug-likeness (QED) is 0.635. The third kappa shape index (κ3) is 4.57. The van der Waals surface area contributed by atoms with Crippen LogP contribution in [0.5, 0.6) is 0 Å². The van der Waals surface area contributed by atoms with Crippen LogP contribution in [0.2, 0.25) is 0 Å². The second kappa shape index (κ2) is 9.26.